The first-order valence-electron chi connectivity index (χ1n) is 9.02. The molecule has 0 N–H and O–H groups in total. The van der Waals surface area contributed by atoms with E-state index in [9.17, 15) is 0 Å². The summed E-state index contributed by atoms with van der Waals surface area (Å²) in [6.45, 7) is 5.34. The van der Waals surface area contributed by atoms with E-state index in [0.717, 1.165) is 41.1 Å². The van der Waals surface area contributed by atoms with Gasteiger partial charge in [0.15, 0.2) is 5.65 Å². The molecule has 4 heterocycles. The minimum Gasteiger partial charge on any atom is -0.481 e. The van der Waals surface area contributed by atoms with E-state index in [4.69, 9.17) is 9.84 Å². The highest BCUT2D eigenvalue weighted by Gasteiger charge is 2.14. The van der Waals surface area contributed by atoms with Crippen molar-refractivity contribution in [3.8, 4) is 28.4 Å². The van der Waals surface area contributed by atoms with Gasteiger partial charge < -0.3 is 4.74 Å². The molecule has 27 heavy (non-hydrogen) atoms. The predicted octanol–water partition coefficient (Wildman–Crippen LogP) is 3.71. The lowest BCUT2D eigenvalue weighted by atomic mass is 10.1. The van der Waals surface area contributed by atoms with Gasteiger partial charge in [-0.25, -0.2) is 14.5 Å². The summed E-state index contributed by atoms with van der Waals surface area (Å²) < 4.78 is 9.18. The molecule has 0 aliphatic carbocycles. The molecule has 7 heteroatoms. The minimum absolute atomic E-state index is 0.549. The van der Waals surface area contributed by atoms with E-state index in [1.807, 2.05) is 45.9 Å². The largest absolute Gasteiger partial charge is 0.481 e. The van der Waals surface area contributed by atoms with Gasteiger partial charge in [-0.3, -0.25) is 4.68 Å². The lowest BCUT2D eigenvalue weighted by Gasteiger charge is -2.07. The van der Waals surface area contributed by atoms with Crippen LogP contribution in [0.4, 0.5) is 0 Å². The molecule has 0 bridgehead atoms. The van der Waals surface area contributed by atoms with Crippen LogP contribution in [0.3, 0.4) is 0 Å². The molecular weight excluding hydrogens is 340 g/mol. The molecule has 138 valence electrons. The van der Waals surface area contributed by atoms with E-state index in [-0.39, 0.29) is 0 Å². The number of ether oxygens (including phenoxy) is 1. The fourth-order valence-electron chi connectivity index (χ4n) is 2.97. The van der Waals surface area contributed by atoms with E-state index in [0.29, 0.717) is 11.8 Å². The topological polar surface area (TPSA) is 70.1 Å². The fraction of sp³-hybridized carbons (Fsp3) is 0.300. The molecule has 0 saturated carbocycles. The van der Waals surface area contributed by atoms with Crippen LogP contribution in [0.25, 0.3) is 28.2 Å². The van der Waals surface area contributed by atoms with E-state index < -0.39 is 0 Å². The molecular formula is C20H22N6O. The van der Waals surface area contributed by atoms with Crippen LogP contribution in [-0.2, 0) is 6.54 Å². The van der Waals surface area contributed by atoms with Crippen molar-refractivity contribution in [2.75, 3.05) is 7.11 Å². The Morgan fingerprint density at radius 1 is 1.11 bits per heavy atom. The summed E-state index contributed by atoms with van der Waals surface area (Å²) in [6, 6.07) is 7.75. The van der Waals surface area contributed by atoms with Crippen molar-refractivity contribution in [3.63, 3.8) is 0 Å². The summed E-state index contributed by atoms with van der Waals surface area (Å²) in [7, 11) is 1.61. The second-order valence-corrected chi connectivity index (χ2v) is 6.87. The molecule has 0 saturated heterocycles. The van der Waals surface area contributed by atoms with Crippen LogP contribution in [0, 0.1) is 5.92 Å². The van der Waals surface area contributed by atoms with Gasteiger partial charge in [-0.15, -0.1) is 0 Å². The summed E-state index contributed by atoms with van der Waals surface area (Å²) in [5, 5.41) is 9.25. The monoisotopic (exact) mass is 362 g/mol. The van der Waals surface area contributed by atoms with Gasteiger partial charge in [-0.05, 0) is 36.6 Å². The summed E-state index contributed by atoms with van der Waals surface area (Å²) >= 11 is 0. The van der Waals surface area contributed by atoms with Crippen LogP contribution in [-0.4, -0.2) is 36.5 Å². The highest BCUT2D eigenvalue weighted by Crippen LogP contribution is 2.28. The summed E-state index contributed by atoms with van der Waals surface area (Å²) in [5.74, 6) is 1.20. The molecule has 4 aromatic rings. The van der Waals surface area contributed by atoms with Crippen molar-refractivity contribution in [3.05, 3.63) is 49.1 Å². The molecule has 0 atom stereocenters. The van der Waals surface area contributed by atoms with Crippen LogP contribution in [0.1, 0.15) is 20.3 Å². The number of nitrogens with zero attached hydrogens (tertiary/aromatic N) is 6. The average molecular weight is 362 g/mol. The van der Waals surface area contributed by atoms with Gasteiger partial charge >= 0.3 is 0 Å². The number of fused-ring (bicyclic) bond motifs is 1. The van der Waals surface area contributed by atoms with Crippen molar-refractivity contribution in [1.82, 2.24) is 29.4 Å². The van der Waals surface area contributed by atoms with Gasteiger partial charge in [0.1, 0.15) is 0 Å². The molecule has 0 aliphatic rings. The second-order valence-electron chi connectivity index (χ2n) is 6.87. The van der Waals surface area contributed by atoms with E-state index in [1.165, 1.54) is 0 Å². The standard InChI is InChI=1S/C20H22N6O/c1-14(2)8-10-25-13-15(11-23-25)17-6-7-19-22-12-18(26(19)24-17)16-5-4-9-21-20(16)27-3/h4-7,9,11-14H,8,10H2,1-3H3. The average Bonchev–Trinajstić information content (AvgIpc) is 3.32. The SMILES string of the molecule is COc1ncccc1-c1cnc2ccc(-c3cnn(CCC(C)C)c3)nn12. The van der Waals surface area contributed by atoms with Gasteiger partial charge in [-0.2, -0.15) is 10.2 Å². The number of aryl methyl sites for hydroxylation is 1. The van der Waals surface area contributed by atoms with Crippen LogP contribution < -0.4 is 4.74 Å². The van der Waals surface area contributed by atoms with E-state index in [2.05, 4.69) is 28.9 Å². The first-order valence-corrected chi connectivity index (χ1v) is 9.02. The molecule has 0 radical (unpaired) electrons. The highest BCUT2D eigenvalue weighted by molar-refractivity contribution is 5.68. The van der Waals surface area contributed by atoms with Crippen LogP contribution in [0.2, 0.25) is 0 Å². The number of hydrogen-bond acceptors (Lipinski definition) is 5. The van der Waals surface area contributed by atoms with E-state index >= 15 is 0 Å². The van der Waals surface area contributed by atoms with Crippen LogP contribution in [0.15, 0.2) is 49.1 Å². The minimum atomic E-state index is 0.549. The smallest absolute Gasteiger partial charge is 0.222 e. The van der Waals surface area contributed by atoms with Crippen LogP contribution >= 0.6 is 0 Å². The first kappa shape index (κ1) is 17.2. The molecule has 0 spiro atoms. The molecule has 0 fully saturated rings. The molecule has 0 aliphatic heterocycles. The molecule has 0 aromatic carbocycles. The maximum absolute atomic E-state index is 5.39. The Morgan fingerprint density at radius 3 is 2.81 bits per heavy atom. The fourth-order valence-corrected chi connectivity index (χ4v) is 2.97. The Kier molecular flexibility index (Phi) is 4.58. The number of imidazole rings is 1. The number of rotatable bonds is 6. The van der Waals surface area contributed by atoms with Crippen molar-refractivity contribution in [2.45, 2.75) is 26.8 Å². The van der Waals surface area contributed by atoms with Crippen molar-refractivity contribution in [2.24, 2.45) is 5.92 Å². The normalized spacial score (nSPS) is 11.4. The summed E-state index contributed by atoms with van der Waals surface area (Å²) in [4.78, 5) is 8.73. The summed E-state index contributed by atoms with van der Waals surface area (Å²) in [5.41, 5.74) is 4.29. The molecule has 0 unspecified atom stereocenters. The lowest BCUT2D eigenvalue weighted by Crippen LogP contribution is -2.01. The van der Waals surface area contributed by atoms with Gasteiger partial charge in [-0.1, -0.05) is 13.8 Å². The number of methoxy groups -OCH3 is 1. The Labute approximate surface area is 157 Å². The van der Waals surface area contributed by atoms with Gasteiger partial charge in [0.05, 0.1) is 36.5 Å². The number of hydrogen-bond donors (Lipinski definition) is 0. The Hall–Kier alpha value is -3.22. The zero-order valence-corrected chi connectivity index (χ0v) is 15.7. The quantitative estimate of drug-likeness (QED) is 0.523. The molecule has 4 rings (SSSR count). The highest BCUT2D eigenvalue weighted by atomic mass is 16.5. The Morgan fingerprint density at radius 2 is 2.00 bits per heavy atom. The summed E-state index contributed by atoms with van der Waals surface area (Å²) in [6.07, 6.45) is 8.49. The van der Waals surface area contributed by atoms with Gasteiger partial charge in [0.25, 0.3) is 0 Å². The van der Waals surface area contributed by atoms with Crippen molar-refractivity contribution in [1.29, 1.82) is 0 Å². The lowest BCUT2D eigenvalue weighted by molar-refractivity contribution is 0.399. The van der Waals surface area contributed by atoms with Gasteiger partial charge in [0.2, 0.25) is 5.88 Å². The van der Waals surface area contributed by atoms with Crippen molar-refractivity contribution >= 4 is 5.65 Å². The Balaban J connectivity index is 1.72. The first-order chi connectivity index (χ1) is 13.2. The number of pyridine rings is 1. The zero-order valence-electron chi connectivity index (χ0n) is 15.7. The zero-order chi connectivity index (χ0) is 18.8. The Bertz CT molecular complexity index is 1070. The number of aromatic nitrogens is 6. The molecule has 0 amide bonds. The van der Waals surface area contributed by atoms with Gasteiger partial charge in [0, 0.05) is 24.5 Å². The third kappa shape index (κ3) is 3.40. The second kappa shape index (κ2) is 7.19. The third-order valence-corrected chi connectivity index (χ3v) is 4.47. The maximum atomic E-state index is 5.39. The third-order valence-electron chi connectivity index (χ3n) is 4.47. The maximum Gasteiger partial charge on any atom is 0.222 e. The van der Waals surface area contributed by atoms with Crippen LogP contribution in [0.5, 0.6) is 5.88 Å². The van der Waals surface area contributed by atoms with E-state index in [1.54, 1.807) is 19.5 Å². The molecule has 7 nitrogen and oxygen atoms in total. The predicted molar refractivity (Wildman–Crippen MR) is 103 cm³/mol. The van der Waals surface area contributed by atoms with Crippen molar-refractivity contribution < 1.29 is 4.74 Å². The molecule has 4 aromatic heterocycles.